The standard InChI is InChI=1S/C9H11N3.C7H9N5/c1-7(2)8-3-4-9-10-5-6-12(9)11-8;1-5(2)6-3-4-8-12-7(6)9-10-11-12/h3-7H,1-2H3;3-5H,1-2H3. The predicted molar refractivity (Wildman–Crippen MR) is 89.7 cm³/mol. The van der Waals surface area contributed by atoms with Gasteiger partial charge in [0.05, 0.1) is 11.9 Å². The van der Waals surface area contributed by atoms with Crippen LogP contribution in [0.2, 0.25) is 0 Å². The van der Waals surface area contributed by atoms with Crippen LogP contribution in [0.4, 0.5) is 0 Å². The molecule has 0 spiro atoms. The Morgan fingerprint density at radius 1 is 0.958 bits per heavy atom. The van der Waals surface area contributed by atoms with Crippen molar-refractivity contribution in [2.45, 2.75) is 39.5 Å². The third kappa shape index (κ3) is 3.22. The minimum atomic E-state index is 0.418. The largest absolute Gasteiger partial charge is 0.236 e. The quantitative estimate of drug-likeness (QED) is 0.563. The van der Waals surface area contributed by atoms with Gasteiger partial charge in [0.1, 0.15) is 0 Å². The molecule has 4 aromatic heterocycles. The molecule has 0 radical (unpaired) electrons. The Hall–Kier alpha value is -2.90. The van der Waals surface area contributed by atoms with Crippen molar-refractivity contribution < 1.29 is 0 Å². The van der Waals surface area contributed by atoms with Gasteiger partial charge in [-0.25, -0.2) is 9.50 Å². The van der Waals surface area contributed by atoms with E-state index in [9.17, 15) is 0 Å². The number of nitrogens with zero attached hydrogens (tertiary/aromatic N) is 8. The molecule has 124 valence electrons. The summed E-state index contributed by atoms with van der Waals surface area (Å²) in [4.78, 5) is 4.12. The fraction of sp³-hybridized carbons (Fsp3) is 0.375. The topological polar surface area (TPSA) is 86.2 Å². The number of hydrogen-bond acceptors (Lipinski definition) is 6. The van der Waals surface area contributed by atoms with Crippen LogP contribution in [0.5, 0.6) is 0 Å². The van der Waals surface area contributed by atoms with Crippen LogP contribution in [-0.4, -0.2) is 39.9 Å². The molecule has 0 aromatic carbocycles. The monoisotopic (exact) mass is 324 g/mol. The lowest BCUT2D eigenvalue weighted by atomic mass is 10.1. The first kappa shape index (κ1) is 16.0. The highest BCUT2D eigenvalue weighted by Gasteiger charge is 2.07. The molecule has 0 aliphatic rings. The van der Waals surface area contributed by atoms with Crippen molar-refractivity contribution in [3.05, 3.63) is 48.0 Å². The van der Waals surface area contributed by atoms with E-state index in [0.717, 1.165) is 22.6 Å². The second kappa shape index (κ2) is 6.69. The van der Waals surface area contributed by atoms with E-state index in [-0.39, 0.29) is 0 Å². The van der Waals surface area contributed by atoms with Crippen LogP contribution in [0.25, 0.3) is 11.3 Å². The fourth-order valence-electron chi connectivity index (χ4n) is 2.27. The van der Waals surface area contributed by atoms with Crippen LogP contribution >= 0.6 is 0 Å². The summed E-state index contributed by atoms with van der Waals surface area (Å²) in [6.07, 6.45) is 5.33. The molecule has 4 rings (SSSR count). The molecule has 0 bridgehead atoms. The molecule has 0 aliphatic carbocycles. The van der Waals surface area contributed by atoms with Gasteiger partial charge < -0.3 is 0 Å². The van der Waals surface area contributed by atoms with E-state index >= 15 is 0 Å². The van der Waals surface area contributed by atoms with Crippen LogP contribution in [0.3, 0.4) is 0 Å². The number of imidazole rings is 1. The zero-order valence-corrected chi connectivity index (χ0v) is 14.2. The third-order valence-electron chi connectivity index (χ3n) is 3.63. The average Bonchev–Trinajstić information content (AvgIpc) is 3.22. The van der Waals surface area contributed by atoms with Crippen LogP contribution in [-0.2, 0) is 0 Å². The molecule has 0 aliphatic heterocycles. The maximum Gasteiger partial charge on any atom is 0.203 e. The highest BCUT2D eigenvalue weighted by atomic mass is 15.6. The molecule has 0 unspecified atom stereocenters. The van der Waals surface area contributed by atoms with E-state index in [1.54, 1.807) is 16.9 Å². The molecule has 0 saturated carbocycles. The summed E-state index contributed by atoms with van der Waals surface area (Å²) < 4.78 is 3.24. The lowest BCUT2D eigenvalue weighted by Crippen LogP contribution is -1.98. The van der Waals surface area contributed by atoms with Gasteiger partial charge in [0.15, 0.2) is 5.65 Å². The molecular weight excluding hydrogens is 304 g/mol. The summed E-state index contributed by atoms with van der Waals surface area (Å²) >= 11 is 0. The van der Waals surface area contributed by atoms with Crippen molar-refractivity contribution in [1.82, 2.24) is 39.9 Å². The van der Waals surface area contributed by atoms with E-state index in [1.165, 1.54) is 4.63 Å². The SMILES string of the molecule is CC(C)c1ccc2nccn2n1.CC(C)c1ccnn2nnnc12. The molecule has 4 heterocycles. The van der Waals surface area contributed by atoms with E-state index in [2.05, 4.69) is 58.4 Å². The Balaban J connectivity index is 0.000000141. The minimum Gasteiger partial charge on any atom is -0.236 e. The number of tetrazole rings is 1. The Morgan fingerprint density at radius 3 is 2.54 bits per heavy atom. The first-order valence-corrected chi connectivity index (χ1v) is 7.90. The smallest absolute Gasteiger partial charge is 0.203 e. The molecule has 8 nitrogen and oxygen atoms in total. The second-order valence-electron chi connectivity index (χ2n) is 6.08. The minimum absolute atomic E-state index is 0.418. The number of fused-ring (bicyclic) bond motifs is 2. The third-order valence-corrected chi connectivity index (χ3v) is 3.63. The van der Waals surface area contributed by atoms with Gasteiger partial charge in [0, 0.05) is 18.0 Å². The first-order chi connectivity index (χ1) is 11.6. The summed E-state index contributed by atoms with van der Waals surface area (Å²) in [7, 11) is 0. The molecule has 0 saturated heterocycles. The molecule has 4 aromatic rings. The van der Waals surface area contributed by atoms with Crippen LogP contribution in [0.1, 0.15) is 50.8 Å². The molecule has 0 fully saturated rings. The van der Waals surface area contributed by atoms with Crippen LogP contribution in [0.15, 0.2) is 36.8 Å². The van der Waals surface area contributed by atoms with Gasteiger partial charge in [-0.3, -0.25) is 0 Å². The fourth-order valence-corrected chi connectivity index (χ4v) is 2.27. The van der Waals surface area contributed by atoms with Gasteiger partial charge in [-0.15, -0.1) is 9.73 Å². The lowest BCUT2D eigenvalue weighted by molar-refractivity contribution is 0.724. The summed E-state index contributed by atoms with van der Waals surface area (Å²) in [6, 6.07) is 5.95. The Kier molecular flexibility index (Phi) is 4.45. The lowest BCUT2D eigenvalue weighted by Gasteiger charge is -2.02. The van der Waals surface area contributed by atoms with Crippen molar-refractivity contribution in [3.8, 4) is 0 Å². The normalized spacial score (nSPS) is 11.2. The van der Waals surface area contributed by atoms with Gasteiger partial charge in [0.25, 0.3) is 0 Å². The van der Waals surface area contributed by atoms with E-state index in [4.69, 9.17) is 0 Å². The van der Waals surface area contributed by atoms with Gasteiger partial charge in [-0.1, -0.05) is 27.7 Å². The summed E-state index contributed by atoms with van der Waals surface area (Å²) in [6.45, 7) is 8.46. The van der Waals surface area contributed by atoms with Crippen molar-refractivity contribution >= 4 is 11.3 Å². The maximum absolute atomic E-state index is 4.39. The van der Waals surface area contributed by atoms with Gasteiger partial charge >= 0.3 is 0 Å². The van der Waals surface area contributed by atoms with Gasteiger partial charge in [-0.05, 0) is 40.5 Å². The molecule has 0 atom stereocenters. The first-order valence-electron chi connectivity index (χ1n) is 7.90. The molecule has 0 amide bonds. The molecule has 8 heteroatoms. The predicted octanol–water partition coefficient (Wildman–Crippen LogP) is 2.50. The highest BCUT2D eigenvalue weighted by Crippen LogP contribution is 2.16. The van der Waals surface area contributed by atoms with E-state index in [1.807, 2.05) is 24.4 Å². The Labute approximate surface area is 139 Å². The Bertz CT molecular complexity index is 936. The maximum atomic E-state index is 4.39. The summed E-state index contributed by atoms with van der Waals surface area (Å²) in [5.41, 5.74) is 3.86. The van der Waals surface area contributed by atoms with Crippen molar-refractivity contribution in [1.29, 1.82) is 0 Å². The average molecular weight is 324 g/mol. The summed E-state index contributed by atoms with van der Waals surface area (Å²) in [5, 5.41) is 19.5. The Morgan fingerprint density at radius 2 is 1.79 bits per heavy atom. The zero-order valence-electron chi connectivity index (χ0n) is 14.2. The van der Waals surface area contributed by atoms with Crippen molar-refractivity contribution in [3.63, 3.8) is 0 Å². The van der Waals surface area contributed by atoms with E-state index in [0.29, 0.717) is 11.8 Å². The van der Waals surface area contributed by atoms with Crippen molar-refractivity contribution in [2.75, 3.05) is 0 Å². The van der Waals surface area contributed by atoms with Crippen LogP contribution < -0.4 is 0 Å². The highest BCUT2D eigenvalue weighted by molar-refractivity contribution is 5.45. The second-order valence-corrected chi connectivity index (χ2v) is 6.08. The molecular formula is C16H20N8. The number of hydrogen-bond donors (Lipinski definition) is 0. The van der Waals surface area contributed by atoms with E-state index < -0.39 is 0 Å². The zero-order chi connectivity index (χ0) is 17.1. The summed E-state index contributed by atoms with van der Waals surface area (Å²) in [5.74, 6) is 0.887. The van der Waals surface area contributed by atoms with Crippen molar-refractivity contribution in [2.24, 2.45) is 0 Å². The molecule has 0 N–H and O–H groups in total. The number of aromatic nitrogens is 8. The van der Waals surface area contributed by atoms with Crippen LogP contribution in [0, 0.1) is 0 Å². The molecule has 24 heavy (non-hydrogen) atoms. The van der Waals surface area contributed by atoms with Gasteiger partial charge in [0.2, 0.25) is 5.65 Å². The van der Waals surface area contributed by atoms with Gasteiger partial charge in [-0.2, -0.15) is 10.2 Å². The number of rotatable bonds is 2.